The van der Waals surface area contributed by atoms with Crippen LogP contribution in [0, 0.1) is 3.57 Å². The zero-order valence-corrected chi connectivity index (χ0v) is 9.95. The second-order valence-corrected chi connectivity index (χ2v) is 3.98. The first kappa shape index (κ1) is 11.2. The van der Waals surface area contributed by atoms with Gasteiger partial charge in [0.2, 0.25) is 0 Å². The minimum atomic E-state index is -0.0168. The van der Waals surface area contributed by atoms with Crippen LogP contribution in [0.15, 0.2) is 36.9 Å². The van der Waals surface area contributed by atoms with Crippen molar-refractivity contribution in [3.63, 3.8) is 0 Å². The number of hydrogen-bond donors (Lipinski definition) is 1. The monoisotopic (exact) mass is 301 g/mol. The molecule has 0 atom stereocenters. The highest BCUT2D eigenvalue weighted by molar-refractivity contribution is 14.1. The Labute approximate surface area is 97.5 Å². The van der Waals surface area contributed by atoms with Crippen LogP contribution in [0.5, 0.6) is 0 Å². The van der Waals surface area contributed by atoms with E-state index in [2.05, 4.69) is 34.5 Å². The molecule has 0 aromatic heterocycles. The van der Waals surface area contributed by atoms with Crippen LogP contribution in [-0.2, 0) is 0 Å². The number of benzene rings is 1. The van der Waals surface area contributed by atoms with E-state index >= 15 is 0 Å². The van der Waals surface area contributed by atoms with Crippen molar-refractivity contribution < 1.29 is 4.79 Å². The van der Waals surface area contributed by atoms with E-state index in [-0.39, 0.29) is 5.91 Å². The minimum absolute atomic E-state index is 0.0168. The lowest BCUT2D eigenvalue weighted by molar-refractivity contribution is 0.0953. The summed E-state index contributed by atoms with van der Waals surface area (Å²) in [6.45, 7) is 4.24. The van der Waals surface area contributed by atoms with Gasteiger partial charge in [0.1, 0.15) is 0 Å². The Morgan fingerprint density at radius 2 is 2.21 bits per heavy atom. The van der Waals surface area contributed by atoms with Crippen LogP contribution < -0.4 is 5.32 Å². The van der Waals surface area contributed by atoms with Gasteiger partial charge in [-0.05, 0) is 41.1 Å². The Morgan fingerprint density at radius 3 is 2.86 bits per heavy atom. The lowest BCUT2D eigenvalue weighted by atomic mass is 10.2. The van der Waals surface area contributed by atoms with Crippen molar-refractivity contribution >= 4 is 28.5 Å². The van der Waals surface area contributed by atoms with E-state index in [0.29, 0.717) is 6.54 Å². The Hall–Kier alpha value is -0.840. The highest BCUT2D eigenvalue weighted by atomic mass is 127. The van der Waals surface area contributed by atoms with E-state index in [0.717, 1.165) is 15.6 Å². The van der Waals surface area contributed by atoms with Gasteiger partial charge in [-0.25, -0.2) is 0 Å². The molecule has 0 saturated carbocycles. The Bertz CT molecular complexity index is 336. The smallest absolute Gasteiger partial charge is 0.252 e. The summed E-state index contributed by atoms with van der Waals surface area (Å²) in [6.07, 6.45) is 2.59. The fourth-order valence-electron chi connectivity index (χ4n) is 1.03. The van der Waals surface area contributed by atoms with Crippen molar-refractivity contribution in [2.24, 2.45) is 0 Å². The summed E-state index contributed by atoms with van der Waals surface area (Å²) in [4.78, 5) is 11.6. The van der Waals surface area contributed by atoms with Crippen LogP contribution in [0.25, 0.3) is 0 Å². The number of rotatable bonds is 4. The van der Waals surface area contributed by atoms with Crippen molar-refractivity contribution in [3.8, 4) is 0 Å². The standard InChI is InChI=1S/C11H12INO/c1-2-3-8-13-11(14)9-6-4-5-7-10(9)12/h2,4-7H,1,3,8H2,(H,13,14). The van der Waals surface area contributed by atoms with E-state index in [4.69, 9.17) is 0 Å². The van der Waals surface area contributed by atoms with E-state index in [1.807, 2.05) is 24.3 Å². The predicted molar refractivity (Wildman–Crippen MR) is 66.3 cm³/mol. The van der Waals surface area contributed by atoms with Crippen LogP contribution in [0.2, 0.25) is 0 Å². The molecule has 1 N–H and O–H groups in total. The van der Waals surface area contributed by atoms with E-state index in [9.17, 15) is 4.79 Å². The summed E-state index contributed by atoms with van der Waals surface area (Å²) in [5.74, 6) is -0.0168. The maximum absolute atomic E-state index is 11.6. The second-order valence-electron chi connectivity index (χ2n) is 2.81. The molecular formula is C11H12INO. The number of halogens is 1. The highest BCUT2D eigenvalue weighted by Crippen LogP contribution is 2.10. The van der Waals surface area contributed by atoms with Gasteiger partial charge >= 0.3 is 0 Å². The van der Waals surface area contributed by atoms with Gasteiger partial charge in [-0.15, -0.1) is 6.58 Å². The zero-order chi connectivity index (χ0) is 10.4. The summed E-state index contributed by atoms with van der Waals surface area (Å²) in [6, 6.07) is 7.53. The van der Waals surface area contributed by atoms with Crippen molar-refractivity contribution in [2.45, 2.75) is 6.42 Å². The third kappa shape index (κ3) is 3.14. The number of carbonyl (C=O) groups excluding carboxylic acids is 1. The lowest BCUT2D eigenvalue weighted by Gasteiger charge is -2.04. The van der Waals surface area contributed by atoms with Crippen LogP contribution in [-0.4, -0.2) is 12.5 Å². The first-order chi connectivity index (χ1) is 6.75. The summed E-state index contributed by atoms with van der Waals surface area (Å²) in [7, 11) is 0. The van der Waals surface area contributed by atoms with Gasteiger partial charge in [0, 0.05) is 10.1 Å². The van der Waals surface area contributed by atoms with Crippen LogP contribution in [0.1, 0.15) is 16.8 Å². The molecule has 0 radical (unpaired) electrons. The van der Waals surface area contributed by atoms with Crippen molar-refractivity contribution in [3.05, 3.63) is 46.1 Å². The minimum Gasteiger partial charge on any atom is -0.352 e. The van der Waals surface area contributed by atoms with E-state index in [1.54, 1.807) is 6.08 Å². The van der Waals surface area contributed by atoms with Gasteiger partial charge in [0.05, 0.1) is 5.56 Å². The van der Waals surface area contributed by atoms with Crippen LogP contribution in [0.4, 0.5) is 0 Å². The molecule has 0 aliphatic rings. The third-order valence-corrected chi connectivity index (χ3v) is 2.69. The molecule has 0 heterocycles. The summed E-state index contributed by atoms with van der Waals surface area (Å²) < 4.78 is 0.973. The fraction of sp³-hybridized carbons (Fsp3) is 0.182. The molecule has 0 aliphatic carbocycles. The van der Waals surface area contributed by atoms with E-state index in [1.165, 1.54) is 0 Å². The molecule has 2 nitrogen and oxygen atoms in total. The topological polar surface area (TPSA) is 29.1 Å². The van der Waals surface area contributed by atoms with Crippen molar-refractivity contribution in [1.29, 1.82) is 0 Å². The van der Waals surface area contributed by atoms with Gasteiger partial charge in [-0.2, -0.15) is 0 Å². The Balaban J connectivity index is 2.60. The quantitative estimate of drug-likeness (QED) is 0.517. The number of hydrogen-bond acceptors (Lipinski definition) is 1. The summed E-state index contributed by atoms with van der Waals surface area (Å²) in [5, 5.41) is 2.83. The molecule has 74 valence electrons. The van der Waals surface area contributed by atoms with Gasteiger partial charge in [-0.3, -0.25) is 4.79 Å². The third-order valence-electron chi connectivity index (χ3n) is 1.75. The van der Waals surface area contributed by atoms with Gasteiger partial charge in [0.15, 0.2) is 0 Å². The molecule has 0 aliphatic heterocycles. The highest BCUT2D eigenvalue weighted by Gasteiger charge is 2.06. The molecule has 0 bridgehead atoms. The molecule has 0 unspecified atom stereocenters. The molecular weight excluding hydrogens is 289 g/mol. The molecule has 1 aromatic rings. The molecule has 14 heavy (non-hydrogen) atoms. The van der Waals surface area contributed by atoms with Gasteiger partial charge in [-0.1, -0.05) is 18.2 Å². The molecule has 0 fully saturated rings. The number of carbonyl (C=O) groups is 1. The number of nitrogens with one attached hydrogen (secondary N) is 1. The SMILES string of the molecule is C=CCCNC(=O)c1ccccc1I. The first-order valence-corrected chi connectivity index (χ1v) is 5.47. The lowest BCUT2D eigenvalue weighted by Crippen LogP contribution is -2.24. The molecule has 3 heteroatoms. The molecule has 1 rings (SSSR count). The zero-order valence-electron chi connectivity index (χ0n) is 7.79. The van der Waals surface area contributed by atoms with Gasteiger partial charge < -0.3 is 5.32 Å². The fourth-order valence-corrected chi connectivity index (χ4v) is 1.66. The first-order valence-electron chi connectivity index (χ1n) is 4.39. The van der Waals surface area contributed by atoms with Crippen LogP contribution in [0.3, 0.4) is 0 Å². The largest absolute Gasteiger partial charge is 0.352 e. The summed E-state index contributed by atoms with van der Waals surface area (Å²) in [5.41, 5.74) is 0.733. The van der Waals surface area contributed by atoms with Crippen molar-refractivity contribution in [1.82, 2.24) is 5.32 Å². The molecule has 1 aromatic carbocycles. The number of amides is 1. The Morgan fingerprint density at radius 1 is 1.50 bits per heavy atom. The predicted octanol–water partition coefficient (Wildman–Crippen LogP) is 2.60. The molecule has 1 amide bonds. The molecule has 0 saturated heterocycles. The molecule has 0 spiro atoms. The summed E-state index contributed by atoms with van der Waals surface area (Å²) >= 11 is 2.16. The average Bonchev–Trinajstić information content (AvgIpc) is 2.18. The van der Waals surface area contributed by atoms with Crippen LogP contribution >= 0.6 is 22.6 Å². The second kappa shape index (κ2) is 5.80. The normalized spacial score (nSPS) is 9.50. The maximum Gasteiger partial charge on any atom is 0.252 e. The maximum atomic E-state index is 11.6. The van der Waals surface area contributed by atoms with Gasteiger partial charge in [0.25, 0.3) is 5.91 Å². The Kier molecular flexibility index (Phi) is 4.65. The average molecular weight is 301 g/mol. The van der Waals surface area contributed by atoms with Crippen molar-refractivity contribution in [2.75, 3.05) is 6.54 Å². The van der Waals surface area contributed by atoms with E-state index < -0.39 is 0 Å².